The van der Waals surface area contributed by atoms with Crippen LogP contribution in [0, 0.1) is 0 Å². The van der Waals surface area contributed by atoms with Crippen molar-refractivity contribution in [2.24, 2.45) is 0 Å². The average Bonchev–Trinajstić information content (AvgIpc) is 3.17. The van der Waals surface area contributed by atoms with Crippen LogP contribution < -0.4 is 0 Å². The summed E-state index contributed by atoms with van der Waals surface area (Å²) in [5.41, 5.74) is 3.84. The van der Waals surface area contributed by atoms with Gasteiger partial charge in [-0.05, 0) is 35.3 Å². The number of benzene rings is 2. The van der Waals surface area contributed by atoms with Crippen LogP contribution in [0.4, 0.5) is 13.2 Å². The standard InChI is InChI=1S/C24H25F3N2O2/c1-31-23(30)11-10-18-6-8-19(9-7-18)17-29(15-13-24(25,26)27)14-12-20-16-28-22-5-3-2-4-21(20)22/h2-11,16,28H,12-15,17H2,1H3/b11-10+. The molecule has 0 aliphatic carbocycles. The van der Waals surface area contributed by atoms with Crippen LogP contribution in [0.5, 0.6) is 0 Å². The summed E-state index contributed by atoms with van der Waals surface area (Å²) in [4.78, 5) is 16.2. The van der Waals surface area contributed by atoms with Gasteiger partial charge < -0.3 is 9.72 Å². The van der Waals surface area contributed by atoms with E-state index in [0.29, 0.717) is 19.5 Å². The molecule has 164 valence electrons. The molecule has 0 unspecified atom stereocenters. The van der Waals surface area contributed by atoms with E-state index in [-0.39, 0.29) is 6.54 Å². The van der Waals surface area contributed by atoms with Gasteiger partial charge in [0.2, 0.25) is 0 Å². The number of alkyl halides is 3. The van der Waals surface area contributed by atoms with Gasteiger partial charge in [0.1, 0.15) is 0 Å². The molecule has 1 aromatic heterocycles. The lowest BCUT2D eigenvalue weighted by atomic mass is 10.1. The van der Waals surface area contributed by atoms with E-state index in [9.17, 15) is 18.0 Å². The predicted molar refractivity (Wildman–Crippen MR) is 115 cm³/mol. The zero-order chi connectivity index (χ0) is 22.3. The number of H-pyrrole nitrogens is 1. The van der Waals surface area contributed by atoms with Gasteiger partial charge in [-0.2, -0.15) is 13.2 Å². The quantitative estimate of drug-likeness (QED) is 0.368. The predicted octanol–water partition coefficient (Wildman–Crippen LogP) is 5.35. The summed E-state index contributed by atoms with van der Waals surface area (Å²) in [7, 11) is 1.31. The summed E-state index contributed by atoms with van der Waals surface area (Å²) in [6.45, 7) is 0.872. The molecule has 3 rings (SSSR count). The van der Waals surface area contributed by atoms with Crippen LogP contribution in [0.1, 0.15) is 23.1 Å². The van der Waals surface area contributed by atoms with Gasteiger partial charge in [-0.25, -0.2) is 4.79 Å². The van der Waals surface area contributed by atoms with Crippen LogP contribution in [0.3, 0.4) is 0 Å². The highest BCUT2D eigenvalue weighted by atomic mass is 19.4. The fourth-order valence-corrected chi connectivity index (χ4v) is 3.40. The smallest absolute Gasteiger partial charge is 0.390 e. The van der Waals surface area contributed by atoms with Crippen LogP contribution >= 0.6 is 0 Å². The van der Waals surface area contributed by atoms with Crippen molar-refractivity contribution < 1.29 is 22.7 Å². The fourth-order valence-electron chi connectivity index (χ4n) is 3.40. The average molecular weight is 430 g/mol. The molecule has 0 radical (unpaired) electrons. The van der Waals surface area contributed by atoms with Crippen LogP contribution in [-0.4, -0.2) is 42.2 Å². The second-order valence-electron chi connectivity index (χ2n) is 7.35. The molecular formula is C24H25F3N2O2. The molecule has 7 heteroatoms. The number of carbonyl (C=O) groups is 1. The number of nitrogens with zero attached hydrogens (tertiary/aromatic N) is 1. The Morgan fingerprint density at radius 1 is 1.10 bits per heavy atom. The Balaban J connectivity index is 1.66. The van der Waals surface area contributed by atoms with Crippen molar-refractivity contribution in [1.82, 2.24) is 9.88 Å². The van der Waals surface area contributed by atoms with Crippen LogP contribution in [-0.2, 0) is 22.5 Å². The minimum atomic E-state index is -4.19. The van der Waals surface area contributed by atoms with E-state index < -0.39 is 18.6 Å². The largest absolute Gasteiger partial charge is 0.466 e. The third-order valence-corrected chi connectivity index (χ3v) is 5.08. The molecule has 0 saturated heterocycles. The van der Waals surface area contributed by atoms with Crippen LogP contribution in [0.2, 0.25) is 0 Å². The first-order chi connectivity index (χ1) is 14.8. The van der Waals surface area contributed by atoms with Crippen molar-refractivity contribution in [3.63, 3.8) is 0 Å². The van der Waals surface area contributed by atoms with Crippen molar-refractivity contribution in [2.75, 3.05) is 20.2 Å². The lowest BCUT2D eigenvalue weighted by molar-refractivity contribution is -0.138. The van der Waals surface area contributed by atoms with Crippen LogP contribution in [0.15, 0.2) is 60.8 Å². The van der Waals surface area contributed by atoms with Gasteiger partial charge in [0.25, 0.3) is 0 Å². The summed E-state index contributed by atoms with van der Waals surface area (Å²) in [5.74, 6) is -0.445. The van der Waals surface area contributed by atoms with Gasteiger partial charge in [0.15, 0.2) is 0 Å². The Kier molecular flexibility index (Phi) is 7.52. The summed E-state index contributed by atoms with van der Waals surface area (Å²) in [5, 5.41) is 1.10. The van der Waals surface area contributed by atoms with Crippen molar-refractivity contribution in [2.45, 2.75) is 25.6 Å². The SMILES string of the molecule is COC(=O)/C=C/c1ccc(CN(CCc2c[nH]c3ccccc23)CCC(F)(F)F)cc1. The third-order valence-electron chi connectivity index (χ3n) is 5.08. The maximum absolute atomic E-state index is 12.8. The van der Waals surface area contributed by atoms with Gasteiger partial charge in [-0.3, -0.25) is 4.90 Å². The first-order valence-electron chi connectivity index (χ1n) is 10.0. The van der Waals surface area contributed by atoms with E-state index in [2.05, 4.69) is 9.72 Å². The molecule has 0 fully saturated rings. The summed E-state index contributed by atoms with van der Waals surface area (Å²) < 4.78 is 43.1. The highest BCUT2D eigenvalue weighted by molar-refractivity contribution is 5.86. The molecule has 31 heavy (non-hydrogen) atoms. The number of halogens is 3. The molecule has 0 atom stereocenters. The molecule has 0 aliphatic heterocycles. The Bertz CT molecular complexity index is 1020. The van der Waals surface area contributed by atoms with Gasteiger partial charge >= 0.3 is 12.1 Å². The molecule has 1 heterocycles. The number of methoxy groups -OCH3 is 1. The Morgan fingerprint density at radius 3 is 2.55 bits per heavy atom. The number of hydrogen-bond acceptors (Lipinski definition) is 3. The maximum atomic E-state index is 12.8. The first-order valence-corrected chi connectivity index (χ1v) is 10.0. The van der Waals surface area contributed by atoms with E-state index in [0.717, 1.165) is 27.6 Å². The van der Waals surface area contributed by atoms with Gasteiger partial charge in [0.05, 0.1) is 13.5 Å². The number of fused-ring (bicyclic) bond motifs is 1. The molecule has 3 aromatic rings. The number of carbonyl (C=O) groups excluding carboxylic acids is 1. The van der Waals surface area contributed by atoms with Crippen molar-refractivity contribution in [3.8, 4) is 0 Å². The third kappa shape index (κ3) is 7.00. The number of aromatic nitrogens is 1. The van der Waals surface area contributed by atoms with Crippen molar-refractivity contribution in [1.29, 1.82) is 0 Å². The fraction of sp³-hybridized carbons (Fsp3) is 0.292. The van der Waals surface area contributed by atoms with E-state index in [1.165, 1.54) is 13.2 Å². The Hall–Kier alpha value is -3.06. The molecule has 0 aliphatic rings. The zero-order valence-corrected chi connectivity index (χ0v) is 17.3. The van der Waals surface area contributed by atoms with Gasteiger partial charge in [-0.1, -0.05) is 42.5 Å². The highest BCUT2D eigenvalue weighted by Crippen LogP contribution is 2.22. The number of rotatable bonds is 9. The Labute approximate surface area is 179 Å². The topological polar surface area (TPSA) is 45.3 Å². The molecule has 0 amide bonds. The molecular weight excluding hydrogens is 405 g/mol. The number of esters is 1. The molecule has 2 aromatic carbocycles. The second kappa shape index (κ2) is 10.3. The molecule has 0 saturated carbocycles. The summed E-state index contributed by atoms with van der Waals surface area (Å²) in [6, 6.07) is 15.3. The van der Waals surface area contributed by atoms with Gasteiger partial charge in [-0.15, -0.1) is 0 Å². The first kappa shape index (κ1) is 22.6. The lowest BCUT2D eigenvalue weighted by Crippen LogP contribution is -2.30. The normalized spacial score (nSPS) is 12.2. The highest BCUT2D eigenvalue weighted by Gasteiger charge is 2.27. The lowest BCUT2D eigenvalue weighted by Gasteiger charge is -2.23. The van der Waals surface area contributed by atoms with E-state index in [4.69, 9.17) is 0 Å². The minimum absolute atomic E-state index is 0.0597. The molecule has 0 spiro atoms. The zero-order valence-electron chi connectivity index (χ0n) is 17.3. The maximum Gasteiger partial charge on any atom is 0.390 e. The minimum Gasteiger partial charge on any atom is -0.466 e. The molecule has 4 nitrogen and oxygen atoms in total. The number of nitrogens with one attached hydrogen (secondary N) is 1. The second-order valence-corrected chi connectivity index (χ2v) is 7.35. The van der Waals surface area contributed by atoms with E-state index in [1.807, 2.05) is 59.6 Å². The molecule has 1 N–H and O–H groups in total. The molecule has 0 bridgehead atoms. The number of ether oxygens (including phenoxy) is 1. The van der Waals surface area contributed by atoms with E-state index in [1.54, 1.807) is 6.08 Å². The summed E-state index contributed by atoms with van der Waals surface area (Å²) in [6.07, 6.45) is 0.499. The number of aromatic amines is 1. The number of hydrogen-bond donors (Lipinski definition) is 1. The van der Waals surface area contributed by atoms with Gasteiger partial charge in [0, 0.05) is 42.8 Å². The Morgan fingerprint density at radius 2 is 1.84 bits per heavy atom. The monoisotopic (exact) mass is 430 g/mol. The van der Waals surface area contributed by atoms with Crippen LogP contribution in [0.25, 0.3) is 17.0 Å². The van der Waals surface area contributed by atoms with Crippen molar-refractivity contribution in [3.05, 3.63) is 77.5 Å². The summed E-state index contributed by atoms with van der Waals surface area (Å²) >= 11 is 0. The van der Waals surface area contributed by atoms with E-state index >= 15 is 0 Å². The number of para-hydroxylation sites is 1. The van der Waals surface area contributed by atoms with Crippen molar-refractivity contribution >= 4 is 22.9 Å².